The highest BCUT2D eigenvalue weighted by Crippen LogP contribution is 2.24. The van der Waals surface area contributed by atoms with E-state index in [-0.39, 0.29) is 0 Å². The van der Waals surface area contributed by atoms with Crippen LogP contribution in [-0.2, 0) is 0 Å². The van der Waals surface area contributed by atoms with Crippen LogP contribution in [0.25, 0.3) is 5.69 Å². The third-order valence-corrected chi connectivity index (χ3v) is 4.61. The number of para-hydroxylation sites is 1. The Labute approximate surface area is 127 Å². The minimum Gasteiger partial charge on any atom is -0.307 e. The van der Waals surface area contributed by atoms with Crippen LogP contribution in [0.3, 0.4) is 0 Å². The quantitative estimate of drug-likeness (QED) is 0.913. The molecule has 1 aromatic heterocycles. The van der Waals surface area contributed by atoms with E-state index < -0.39 is 0 Å². The Morgan fingerprint density at radius 3 is 2.57 bits per heavy atom. The molecule has 0 saturated heterocycles. The largest absolute Gasteiger partial charge is 0.307 e. The van der Waals surface area contributed by atoms with Crippen LogP contribution in [0.1, 0.15) is 56.3 Å². The molecule has 3 nitrogen and oxygen atoms in total. The molecule has 3 rings (SSSR count). The highest BCUT2D eigenvalue weighted by atomic mass is 15.3. The zero-order valence-corrected chi connectivity index (χ0v) is 13.0. The minimum atomic E-state index is 0.366. The fourth-order valence-electron chi connectivity index (χ4n) is 3.39. The lowest BCUT2D eigenvalue weighted by Gasteiger charge is -2.26. The molecule has 0 bridgehead atoms. The van der Waals surface area contributed by atoms with E-state index in [4.69, 9.17) is 0 Å². The number of nitrogens with one attached hydrogen (secondary N) is 1. The number of aromatic nitrogens is 2. The number of rotatable bonds is 4. The van der Waals surface area contributed by atoms with Crippen LogP contribution in [0.4, 0.5) is 0 Å². The fourth-order valence-corrected chi connectivity index (χ4v) is 3.39. The summed E-state index contributed by atoms with van der Waals surface area (Å²) in [5.41, 5.74) is 3.67. The van der Waals surface area contributed by atoms with Crippen molar-refractivity contribution in [1.29, 1.82) is 0 Å². The second-order valence-corrected chi connectivity index (χ2v) is 6.16. The van der Waals surface area contributed by atoms with Crippen molar-refractivity contribution < 1.29 is 0 Å². The van der Waals surface area contributed by atoms with E-state index in [0.29, 0.717) is 12.1 Å². The van der Waals surface area contributed by atoms with Gasteiger partial charge in [-0.3, -0.25) is 0 Å². The van der Waals surface area contributed by atoms with Crippen molar-refractivity contribution >= 4 is 0 Å². The molecule has 0 spiro atoms. The van der Waals surface area contributed by atoms with E-state index in [0.717, 1.165) is 5.69 Å². The van der Waals surface area contributed by atoms with Crippen LogP contribution in [0, 0.1) is 6.92 Å². The maximum Gasteiger partial charge on any atom is 0.0648 e. The van der Waals surface area contributed by atoms with E-state index in [1.165, 1.54) is 43.4 Å². The molecule has 3 heteroatoms. The molecule has 0 amide bonds. The molecule has 112 valence electrons. The first kappa shape index (κ1) is 14.3. The van der Waals surface area contributed by atoms with Gasteiger partial charge >= 0.3 is 0 Å². The fraction of sp³-hybridized carbons (Fsp3) is 0.500. The summed E-state index contributed by atoms with van der Waals surface area (Å²) in [4.78, 5) is 0. The Hall–Kier alpha value is -1.61. The smallest absolute Gasteiger partial charge is 0.0648 e. The van der Waals surface area contributed by atoms with Gasteiger partial charge in [-0.05, 0) is 38.8 Å². The zero-order valence-electron chi connectivity index (χ0n) is 13.0. The Balaban J connectivity index is 1.75. The summed E-state index contributed by atoms with van der Waals surface area (Å²) in [6, 6.07) is 11.4. The molecule has 1 N–H and O–H groups in total. The first-order valence-electron chi connectivity index (χ1n) is 8.11. The predicted octanol–water partition coefficient (Wildman–Crippen LogP) is 4.16. The van der Waals surface area contributed by atoms with Crippen LogP contribution in [0.15, 0.2) is 36.5 Å². The van der Waals surface area contributed by atoms with Crippen LogP contribution in [0.2, 0.25) is 0 Å². The molecule has 1 aliphatic rings. The molecule has 2 aromatic rings. The Morgan fingerprint density at radius 1 is 1.14 bits per heavy atom. The van der Waals surface area contributed by atoms with Crippen molar-refractivity contribution in [3.05, 3.63) is 47.8 Å². The summed E-state index contributed by atoms with van der Waals surface area (Å²) in [6.07, 6.45) is 8.78. The maximum atomic E-state index is 4.58. The van der Waals surface area contributed by atoms with Crippen molar-refractivity contribution in [2.75, 3.05) is 0 Å². The summed E-state index contributed by atoms with van der Waals surface area (Å²) < 4.78 is 2.04. The molecule has 1 fully saturated rings. The number of benzene rings is 1. The summed E-state index contributed by atoms with van der Waals surface area (Å²) in [6.45, 7) is 4.42. The van der Waals surface area contributed by atoms with Crippen molar-refractivity contribution in [3.8, 4) is 5.69 Å². The monoisotopic (exact) mass is 283 g/mol. The van der Waals surface area contributed by atoms with Crippen LogP contribution >= 0.6 is 0 Å². The Morgan fingerprint density at radius 2 is 1.86 bits per heavy atom. The van der Waals surface area contributed by atoms with E-state index in [2.05, 4.69) is 48.5 Å². The SMILES string of the molecule is Cc1c([C@@H](C)NC2CCCCC2)cnn1-c1ccccc1. The maximum absolute atomic E-state index is 4.58. The average Bonchev–Trinajstić information content (AvgIpc) is 2.91. The highest BCUT2D eigenvalue weighted by molar-refractivity contribution is 5.35. The van der Waals surface area contributed by atoms with Gasteiger partial charge in [-0.25, -0.2) is 4.68 Å². The van der Waals surface area contributed by atoms with Gasteiger partial charge in [-0.15, -0.1) is 0 Å². The predicted molar refractivity (Wildman–Crippen MR) is 86.7 cm³/mol. The van der Waals surface area contributed by atoms with Gasteiger partial charge in [0.25, 0.3) is 0 Å². The third-order valence-electron chi connectivity index (χ3n) is 4.61. The van der Waals surface area contributed by atoms with Gasteiger partial charge in [-0.2, -0.15) is 5.10 Å². The minimum absolute atomic E-state index is 0.366. The van der Waals surface area contributed by atoms with E-state index in [1.54, 1.807) is 0 Å². The summed E-state index contributed by atoms with van der Waals surface area (Å²) in [5, 5.41) is 8.36. The molecular weight excluding hydrogens is 258 g/mol. The second-order valence-electron chi connectivity index (χ2n) is 6.16. The number of nitrogens with zero attached hydrogens (tertiary/aromatic N) is 2. The Kier molecular flexibility index (Phi) is 4.39. The molecule has 1 aliphatic carbocycles. The molecule has 1 heterocycles. The highest BCUT2D eigenvalue weighted by Gasteiger charge is 2.19. The van der Waals surface area contributed by atoms with Gasteiger partial charge in [-0.1, -0.05) is 37.5 Å². The lowest BCUT2D eigenvalue weighted by Crippen LogP contribution is -2.33. The Bertz CT molecular complexity index is 567. The molecular formula is C18H25N3. The van der Waals surface area contributed by atoms with Gasteiger partial charge in [0.05, 0.1) is 11.9 Å². The van der Waals surface area contributed by atoms with Crippen molar-refractivity contribution in [2.24, 2.45) is 0 Å². The molecule has 1 aromatic carbocycles. The third kappa shape index (κ3) is 3.18. The average molecular weight is 283 g/mol. The van der Waals surface area contributed by atoms with Crippen molar-refractivity contribution in [3.63, 3.8) is 0 Å². The van der Waals surface area contributed by atoms with Gasteiger partial charge in [0.2, 0.25) is 0 Å². The topological polar surface area (TPSA) is 29.9 Å². The van der Waals surface area contributed by atoms with Gasteiger partial charge in [0, 0.05) is 23.3 Å². The number of hydrogen-bond acceptors (Lipinski definition) is 2. The first-order valence-corrected chi connectivity index (χ1v) is 8.11. The second kappa shape index (κ2) is 6.44. The van der Waals surface area contributed by atoms with Gasteiger partial charge in [0.15, 0.2) is 0 Å². The summed E-state index contributed by atoms with van der Waals surface area (Å²) in [7, 11) is 0. The normalized spacial score (nSPS) is 17.8. The molecule has 0 aliphatic heterocycles. The lowest BCUT2D eigenvalue weighted by atomic mass is 9.94. The molecule has 0 radical (unpaired) electrons. The molecule has 0 unspecified atom stereocenters. The summed E-state index contributed by atoms with van der Waals surface area (Å²) >= 11 is 0. The van der Waals surface area contributed by atoms with E-state index >= 15 is 0 Å². The lowest BCUT2D eigenvalue weighted by molar-refractivity contribution is 0.346. The standard InChI is InChI=1S/C18H25N3/c1-14(20-16-9-5-3-6-10-16)18-13-19-21(15(18)2)17-11-7-4-8-12-17/h4,7-8,11-14,16,20H,3,5-6,9-10H2,1-2H3/t14-/m1/s1. The van der Waals surface area contributed by atoms with Crippen LogP contribution < -0.4 is 5.32 Å². The van der Waals surface area contributed by atoms with Gasteiger partial charge < -0.3 is 5.32 Å². The van der Waals surface area contributed by atoms with Crippen LogP contribution in [0.5, 0.6) is 0 Å². The molecule has 21 heavy (non-hydrogen) atoms. The molecule has 1 atom stereocenters. The zero-order chi connectivity index (χ0) is 14.7. The first-order chi connectivity index (χ1) is 10.3. The summed E-state index contributed by atoms with van der Waals surface area (Å²) in [5.74, 6) is 0. The van der Waals surface area contributed by atoms with E-state index in [9.17, 15) is 0 Å². The van der Waals surface area contributed by atoms with Crippen molar-refractivity contribution in [2.45, 2.75) is 58.0 Å². The van der Waals surface area contributed by atoms with Crippen LogP contribution in [-0.4, -0.2) is 15.8 Å². The number of hydrogen-bond donors (Lipinski definition) is 1. The van der Waals surface area contributed by atoms with Gasteiger partial charge in [0.1, 0.15) is 0 Å². The van der Waals surface area contributed by atoms with Crippen molar-refractivity contribution in [1.82, 2.24) is 15.1 Å². The molecule has 1 saturated carbocycles. The van der Waals surface area contributed by atoms with E-state index in [1.807, 2.05) is 16.9 Å².